The van der Waals surface area contributed by atoms with Crippen LogP contribution in [0.4, 0.5) is 0 Å². The summed E-state index contributed by atoms with van der Waals surface area (Å²) in [6, 6.07) is -0.142. The second-order valence-electron chi connectivity index (χ2n) is 5.00. The highest BCUT2D eigenvalue weighted by Gasteiger charge is 2.45. The Hall–Kier alpha value is -0.980. The van der Waals surface area contributed by atoms with E-state index in [0.29, 0.717) is 32.8 Å². The van der Waals surface area contributed by atoms with E-state index in [2.05, 4.69) is 5.32 Å². The van der Waals surface area contributed by atoms with Crippen LogP contribution in [0.25, 0.3) is 0 Å². The van der Waals surface area contributed by atoms with Gasteiger partial charge in [0, 0.05) is 19.8 Å². The van der Waals surface area contributed by atoms with Gasteiger partial charge in [0.05, 0.1) is 25.7 Å². The molecule has 1 aliphatic carbocycles. The lowest BCUT2D eigenvalue weighted by molar-refractivity contribution is -0.139. The molecule has 1 unspecified atom stereocenters. The monoisotopic (exact) mass is 270 g/mol. The fourth-order valence-corrected chi connectivity index (χ4v) is 2.22. The molecule has 2 fully saturated rings. The molecule has 108 valence electrons. The van der Waals surface area contributed by atoms with Crippen molar-refractivity contribution in [2.75, 3.05) is 33.5 Å². The Kier molecular flexibility index (Phi) is 5.30. The van der Waals surface area contributed by atoms with Crippen LogP contribution >= 0.6 is 0 Å². The first-order valence-corrected chi connectivity index (χ1v) is 6.90. The lowest BCUT2D eigenvalue weighted by Crippen LogP contribution is -2.40. The van der Waals surface area contributed by atoms with Crippen LogP contribution in [-0.2, 0) is 19.1 Å². The Balaban J connectivity index is 1.59. The number of likely N-dealkylation sites (tertiary alicyclic amines) is 1. The van der Waals surface area contributed by atoms with Gasteiger partial charge in [0.25, 0.3) is 0 Å². The van der Waals surface area contributed by atoms with Crippen LogP contribution in [0.15, 0.2) is 0 Å². The molecule has 2 amide bonds. The van der Waals surface area contributed by atoms with Crippen molar-refractivity contribution in [1.82, 2.24) is 10.2 Å². The summed E-state index contributed by atoms with van der Waals surface area (Å²) in [6.45, 7) is 2.51. The van der Waals surface area contributed by atoms with Gasteiger partial charge in [-0.3, -0.25) is 14.5 Å². The first-order chi connectivity index (χ1) is 9.24. The SMILES string of the molecule is COCCOCCCNC1CC(=O)N(C2CC2)C1=O. The van der Waals surface area contributed by atoms with E-state index in [1.807, 2.05) is 0 Å². The van der Waals surface area contributed by atoms with Crippen LogP contribution in [0.5, 0.6) is 0 Å². The number of imide groups is 1. The Morgan fingerprint density at radius 3 is 2.74 bits per heavy atom. The number of nitrogens with zero attached hydrogens (tertiary/aromatic N) is 1. The summed E-state index contributed by atoms with van der Waals surface area (Å²) in [4.78, 5) is 25.2. The van der Waals surface area contributed by atoms with E-state index in [9.17, 15) is 9.59 Å². The van der Waals surface area contributed by atoms with E-state index in [-0.39, 0.29) is 23.9 Å². The van der Waals surface area contributed by atoms with Crippen LogP contribution < -0.4 is 5.32 Å². The molecule has 1 N–H and O–H groups in total. The lowest BCUT2D eigenvalue weighted by Gasteiger charge is -2.14. The highest BCUT2D eigenvalue weighted by atomic mass is 16.5. The molecule has 6 heteroatoms. The van der Waals surface area contributed by atoms with Crippen LogP contribution in [0.3, 0.4) is 0 Å². The average Bonchev–Trinajstić information content (AvgIpc) is 3.17. The number of amides is 2. The summed E-state index contributed by atoms with van der Waals surface area (Å²) in [5, 5.41) is 3.14. The molecule has 1 saturated heterocycles. The number of carbonyl (C=O) groups is 2. The fourth-order valence-electron chi connectivity index (χ4n) is 2.22. The number of hydrogen-bond acceptors (Lipinski definition) is 5. The molecule has 1 atom stereocenters. The van der Waals surface area contributed by atoms with Crippen LogP contribution in [0.1, 0.15) is 25.7 Å². The maximum absolute atomic E-state index is 12.0. The number of ether oxygens (including phenoxy) is 2. The van der Waals surface area contributed by atoms with Crippen molar-refractivity contribution in [1.29, 1.82) is 0 Å². The van der Waals surface area contributed by atoms with Crippen LogP contribution in [0, 0.1) is 0 Å². The largest absolute Gasteiger partial charge is 0.382 e. The van der Waals surface area contributed by atoms with Gasteiger partial charge in [-0.2, -0.15) is 0 Å². The van der Waals surface area contributed by atoms with Gasteiger partial charge in [0.1, 0.15) is 0 Å². The van der Waals surface area contributed by atoms with Crippen molar-refractivity contribution in [3.05, 3.63) is 0 Å². The van der Waals surface area contributed by atoms with Gasteiger partial charge < -0.3 is 14.8 Å². The van der Waals surface area contributed by atoms with Gasteiger partial charge in [-0.1, -0.05) is 0 Å². The smallest absolute Gasteiger partial charge is 0.247 e. The number of nitrogens with one attached hydrogen (secondary N) is 1. The van der Waals surface area contributed by atoms with E-state index >= 15 is 0 Å². The number of carbonyl (C=O) groups excluding carboxylic acids is 2. The Bertz CT molecular complexity index is 331. The molecule has 1 saturated carbocycles. The summed E-state index contributed by atoms with van der Waals surface area (Å²) < 4.78 is 10.2. The highest BCUT2D eigenvalue weighted by Crippen LogP contribution is 2.31. The summed E-state index contributed by atoms with van der Waals surface area (Å²) >= 11 is 0. The maximum atomic E-state index is 12.0. The molecule has 0 aromatic heterocycles. The Morgan fingerprint density at radius 2 is 2.05 bits per heavy atom. The van der Waals surface area contributed by atoms with Gasteiger partial charge in [-0.15, -0.1) is 0 Å². The molecule has 0 bridgehead atoms. The van der Waals surface area contributed by atoms with Gasteiger partial charge in [-0.25, -0.2) is 0 Å². The molecular formula is C13H22N2O4. The highest BCUT2D eigenvalue weighted by molar-refractivity contribution is 6.06. The number of methoxy groups -OCH3 is 1. The quantitative estimate of drug-likeness (QED) is 0.469. The average molecular weight is 270 g/mol. The third-order valence-electron chi connectivity index (χ3n) is 3.38. The number of hydrogen-bond donors (Lipinski definition) is 1. The lowest BCUT2D eigenvalue weighted by atomic mass is 10.2. The predicted octanol–water partition coefficient (Wildman–Crippen LogP) is -0.0810. The molecule has 0 radical (unpaired) electrons. The minimum atomic E-state index is -0.327. The maximum Gasteiger partial charge on any atom is 0.247 e. The van der Waals surface area contributed by atoms with E-state index in [1.165, 1.54) is 4.90 Å². The molecule has 1 heterocycles. The topological polar surface area (TPSA) is 67.9 Å². The first-order valence-electron chi connectivity index (χ1n) is 6.90. The van der Waals surface area contributed by atoms with Crippen molar-refractivity contribution in [3.63, 3.8) is 0 Å². The molecule has 0 aromatic rings. The van der Waals surface area contributed by atoms with Gasteiger partial charge in [-0.05, 0) is 25.8 Å². The van der Waals surface area contributed by atoms with Crippen LogP contribution in [0.2, 0.25) is 0 Å². The normalized spacial score (nSPS) is 23.4. The minimum absolute atomic E-state index is 0.0265. The zero-order chi connectivity index (χ0) is 13.7. The second-order valence-corrected chi connectivity index (χ2v) is 5.00. The van der Waals surface area contributed by atoms with Gasteiger partial charge >= 0.3 is 0 Å². The van der Waals surface area contributed by atoms with Crippen LogP contribution in [-0.4, -0.2) is 62.3 Å². The summed E-state index contributed by atoms with van der Waals surface area (Å²) in [5.74, 6) is -0.0749. The Labute approximate surface area is 113 Å². The second kappa shape index (κ2) is 6.98. The number of rotatable bonds is 9. The predicted molar refractivity (Wildman–Crippen MR) is 68.6 cm³/mol. The minimum Gasteiger partial charge on any atom is -0.382 e. The Morgan fingerprint density at radius 1 is 1.26 bits per heavy atom. The van der Waals surface area contributed by atoms with E-state index in [0.717, 1.165) is 19.3 Å². The molecule has 0 aromatic carbocycles. The zero-order valence-corrected chi connectivity index (χ0v) is 11.4. The fraction of sp³-hybridized carbons (Fsp3) is 0.846. The van der Waals surface area contributed by atoms with Crippen molar-refractivity contribution < 1.29 is 19.1 Å². The van der Waals surface area contributed by atoms with Crippen molar-refractivity contribution in [2.45, 2.75) is 37.8 Å². The molecule has 2 aliphatic rings. The molecule has 1 aliphatic heterocycles. The summed E-state index contributed by atoms with van der Waals surface area (Å²) in [6.07, 6.45) is 3.07. The molecule has 2 rings (SSSR count). The summed E-state index contributed by atoms with van der Waals surface area (Å²) in [5.41, 5.74) is 0. The van der Waals surface area contributed by atoms with Gasteiger partial charge in [0.15, 0.2) is 0 Å². The van der Waals surface area contributed by atoms with Gasteiger partial charge in [0.2, 0.25) is 11.8 Å². The van der Waals surface area contributed by atoms with E-state index in [4.69, 9.17) is 9.47 Å². The van der Waals surface area contributed by atoms with E-state index in [1.54, 1.807) is 7.11 Å². The molecule has 19 heavy (non-hydrogen) atoms. The molecule has 0 spiro atoms. The van der Waals surface area contributed by atoms with Crippen molar-refractivity contribution in [2.24, 2.45) is 0 Å². The zero-order valence-electron chi connectivity index (χ0n) is 11.4. The molecule has 6 nitrogen and oxygen atoms in total. The molecular weight excluding hydrogens is 248 g/mol. The van der Waals surface area contributed by atoms with Crippen molar-refractivity contribution in [3.8, 4) is 0 Å². The third-order valence-corrected chi connectivity index (χ3v) is 3.38. The standard InChI is InChI=1S/C13H22N2O4/c1-18-7-8-19-6-2-5-14-11-9-12(16)15(13(11)17)10-3-4-10/h10-11,14H,2-9H2,1H3. The summed E-state index contributed by atoms with van der Waals surface area (Å²) in [7, 11) is 1.64. The first kappa shape index (κ1) is 14.4. The third kappa shape index (κ3) is 3.99. The van der Waals surface area contributed by atoms with Crippen molar-refractivity contribution >= 4 is 11.8 Å². The van der Waals surface area contributed by atoms with E-state index < -0.39 is 0 Å².